The Labute approximate surface area is 110 Å². The predicted octanol–water partition coefficient (Wildman–Crippen LogP) is 3.96. The van der Waals surface area contributed by atoms with Crippen LogP contribution in [-0.2, 0) is 4.74 Å². The van der Waals surface area contributed by atoms with E-state index in [0.29, 0.717) is 5.69 Å². The van der Waals surface area contributed by atoms with Gasteiger partial charge >= 0.3 is 0 Å². The van der Waals surface area contributed by atoms with Gasteiger partial charge in [0.15, 0.2) is 0 Å². The Bertz CT molecular complexity index is 408. The lowest BCUT2D eigenvalue weighted by Crippen LogP contribution is -2.40. The Morgan fingerprint density at radius 1 is 1.47 bits per heavy atom. The van der Waals surface area contributed by atoms with Gasteiger partial charge in [0.25, 0.3) is 0 Å². The minimum Gasteiger partial charge on any atom is -0.380 e. The average molecular weight is 302 g/mol. The van der Waals surface area contributed by atoms with Crippen molar-refractivity contribution >= 4 is 21.6 Å². The molecule has 17 heavy (non-hydrogen) atoms. The molecule has 0 amide bonds. The van der Waals surface area contributed by atoms with Crippen LogP contribution in [0.3, 0.4) is 0 Å². The van der Waals surface area contributed by atoms with Crippen molar-refractivity contribution in [1.82, 2.24) is 0 Å². The standard InChI is InChI=1S/C13H17BrFNO/c1-13(2)8-10(5-6-17-13)16-12-4-3-9(14)7-11(12)15/h3-4,7,10,16H,5-6,8H2,1-2H3. The SMILES string of the molecule is CC1(C)CC(Nc2ccc(Br)cc2F)CCO1. The third kappa shape index (κ3) is 3.42. The molecule has 1 aliphatic rings. The molecule has 1 atom stereocenters. The van der Waals surface area contributed by atoms with Crippen LogP contribution < -0.4 is 5.32 Å². The van der Waals surface area contributed by atoms with Crippen LogP contribution in [-0.4, -0.2) is 18.2 Å². The number of hydrogen-bond donors (Lipinski definition) is 1. The second-order valence-electron chi connectivity index (χ2n) is 5.07. The second kappa shape index (κ2) is 4.94. The molecule has 94 valence electrons. The quantitative estimate of drug-likeness (QED) is 0.893. The van der Waals surface area contributed by atoms with E-state index in [1.807, 2.05) is 6.07 Å². The summed E-state index contributed by atoms with van der Waals surface area (Å²) in [4.78, 5) is 0. The first kappa shape index (κ1) is 12.8. The van der Waals surface area contributed by atoms with Gasteiger partial charge in [-0.15, -0.1) is 0 Å². The minimum absolute atomic E-state index is 0.123. The maximum Gasteiger partial charge on any atom is 0.147 e. The number of halogens is 2. The third-order valence-electron chi connectivity index (χ3n) is 2.99. The lowest BCUT2D eigenvalue weighted by atomic mass is 9.94. The van der Waals surface area contributed by atoms with E-state index < -0.39 is 0 Å². The molecule has 0 aromatic heterocycles. The molecule has 2 nitrogen and oxygen atoms in total. The van der Waals surface area contributed by atoms with Crippen molar-refractivity contribution in [2.45, 2.75) is 38.3 Å². The summed E-state index contributed by atoms with van der Waals surface area (Å²) in [5.74, 6) is -0.219. The van der Waals surface area contributed by atoms with Gasteiger partial charge in [-0.25, -0.2) is 4.39 Å². The lowest BCUT2D eigenvalue weighted by molar-refractivity contribution is -0.0553. The molecule has 1 fully saturated rings. The first-order valence-corrected chi connectivity index (χ1v) is 6.61. The van der Waals surface area contributed by atoms with Gasteiger partial charge in [0.1, 0.15) is 5.82 Å². The molecule has 1 saturated heterocycles. The molecule has 0 radical (unpaired) electrons. The number of anilines is 1. The summed E-state index contributed by atoms with van der Waals surface area (Å²) in [6, 6.07) is 5.36. The molecule has 1 aromatic rings. The Morgan fingerprint density at radius 3 is 2.88 bits per heavy atom. The van der Waals surface area contributed by atoms with E-state index in [9.17, 15) is 4.39 Å². The van der Waals surface area contributed by atoms with E-state index in [1.165, 1.54) is 6.07 Å². The monoisotopic (exact) mass is 301 g/mol. The molecule has 1 heterocycles. The molecule has 0 aliphatic carbocycles. The first-order valence-electron chi connectivity index (χ1n) is 5.82. The smallest absolute Gasteiger partial charge is 0.147 e. The van der Waals surface area contributed by atoms with Crippen LogP contribution >= 0.6 is 15.9 Å². The van der Waals surface area contributed by atoms with Crippen molar-refractivity contribution in [2.75, 3.05) is 11.9 Å². The fourth-order valence-corrected chi connectivity index (χ4v) is 2.51. The van der Waals surface area contributed by atoms with Gasteiger partial charge in [0.05, 0.1) is 11.3 Å². The minimum atomic E-state index is -0.219. The highest BCUT2D eigenvalue weighted by atomic mass is 79.9. The maximum absolute atomic E-state index is 13.7. The summed E-state index contributed by atoms with van der Waals surface area (Å²) in [6.45, 7) is 4.86. The van der Waals surface area contributed by atoms with Gasteiger partial charge in [-0.2, -0.15) is 0 Å². The Morgan fingerprint density at radius 2 is 2.24 bits per heavy atom. The molecule has 1 aliphatic heterocycles. The fraction of sp³-hybridized carbons (Fsp3) is 0.538. The molecular weight excluding hydrogens is 285 g/mol. The Hall–Kier alpha value is -0.610. The van der Waals surface area contributed by atoms with E-state index in [4.69, 9.17) is 4.74 Å². The Kier molecular flexibility index (Phi) is 3.73. The highest BCUT2D eigenvalue weighted by Crippen LogP contribution is 2.28. The van der Waals surface area contributed by atoms with Gasteiger partial charge in [-0.1, -0.05) is 15.9 Å². The van der Waals surface area contributed by atoms with Crippen molar-refractivity contribution < 1.29 is 9.13 Å². The van der Waals surface area contributed by atoms with E-state index in [-0.39, 0.29) is 17.5 Å². The molecular formula is C13H17BrFNO. The first-order chi connectivity index (χ1) is 7.96. The van der Waals surface area contributed by atoms with E-state index in [0.717, 1.165) is 23.9 Å². The zero-order valence-corrected chi connectivity index (χ0v) is 11.7. The molecule has 0 spiro atoms. The molecule has 1 unspecified atom stereocenters. The summed E-state index contributed by atoms with van der Waals surface area (Å²) in [6.07, 6.45) is 1.81. The van der Waals surface area contributed by atoms with Crippen LogP contribution in [0.4, 0.5) is 10.1 Å². The van der Waals surface area contributed by atoms with Crippen molar-refractivity contribution in [3.63, 3.8) is 0 Å². The molecule has 1 aromatic carbocycles. The fourth-order valence-electron chi connectivity index (χ4n) is 2.18. The highest BCUT2D eigenvalue weighted by Gasteiger charge is 2.28. The van der Waals surface area contributed by atoms with Gasteiger partial charge in [0.2, 0.25) is 0 Å². The van der Waals surface area contributed by atoms with Crippen LogP contribution in [0.2, 0.25) is 0 Å². The normalized spacial score (nSPS) is 23.4. The summed E-state index contributed by atoms with van der Waals surface area (Å²) >= 11 is 3.25. The number of benzene rings is 1. The Balaban J connectivity index is 2.05. The summed E-state index contributed by atoms with van der Waals surface area (Å²) < 4.78 is 20.1. The highest BCUT2D eigenvalue weighted by molar-refractivity contribution is 9.10. The summed E-state index contributed by atoms with van der Waals surface area (Å²) in [7, 11) is 0. The van der Waals surface area contributed by atoms with Crippen molar-refractivity contribution in [3.05, 3.63) is 28.5 Å². The van der Waals surface area contributed by atoms with Crippen LogP contribution in [0, 0.1) is 5.82 Å². The van der Waals surface area contributed by atoms with Crippen molar-refractivity contribution in [1.29, 1.82) is 0 Å². The van der Waals surface area contributed by atoms with E-state index in [2.05, 4.69) is 35.1 Å². The van der Waals surface area contributed by atoms with Crippen molar-refractivity contribution in [3.8, 4) is 0 Å². The molecule has 2 rings (SSSR count). The predicted molar refractivity (Wildman–Crippen MR) is 70.8 cm³/mol. The van der Waals surface area contributed by atoms with Crippen LogP contribution in [0.15, 0.2) is 22.7 Å². The topological polar surface area (TPSA) is 21.3 Å². The van der Waals surface area contributed by atoms with Crippen LogP contribution in [0.5, 0.6) is 0 Å². The third-order valence-corrected chi connectivity index (χ3v) is 3.48. The number of nitrogens with one attached hydrogen (secondary N) is 1. The van der Waals surface area contributed by atoms with Crippen LogP contribution in [0.1, 0.15) is 26.7 Å². The molecule has 0 saturated carbocycles. The van der Waals surface area contributed by atoms with Crippen LogP contribution in [0.25, 0.3) is 0 Å². The number of ether oxygens (including phenoxy) is 1. The maximum atomic E-state index is 13.7. The van der Waals surface area contributed by atoms with Gasteiger partial charge < -0.3 is 10.1 Å². The number of hydrogen-bond acceptors (Lipinski definition) is 2. The zero-order valence-electron chi connectivity index (χ0n) is 10.1. The molecule has 0 bridgehead atoms. The zero-order chi connectivity index (χ0) is 12.5. The van der Waals surface area contributed by atoms with Gasteiger partial charge in [-0.3, -0.25) is 0 Å². The van der Waals surface area contributed by atoms with Gasteiger partial charge in [0, 0.05) is 17.1 Å². The average Bonchev–Trinajstić information content (AvgIpc) is 2.21. The molecule has 1 N–H and O–H groups in total. The van der Waals surface area contributed by atoms with Gasteiger partial charge in [-0.05, 0) is 44.9 Å². The van der Waals surface area contributed by atoms with Crippen molar-refractivity contribution in [2.24, 2.45) is 0 Å². The summed E-state index contributed by atoms with van der Waals surface area (Å²) in [5.41, 5.74) is 0.442. The second-order valence-corrected chi connectivity index (χ2v) is 5.98. The van der Waals surface area contributed by atoms with E-state index >= 15 is 0 Å². The number of rotatable bonds is 2. The summed E-state index contributed by atoms with van der Waals surface area (Å²) in [5, 5.41) is 3.26. The van der Waals surface area contributed by atoms with E-state index in [1.54, 1.807) is 6.07 Å². The lowest BCUT2D eigenvalue weighted by Gasteiger charge is -2.36. The largest absolute Gasteiger partial charge is 0.380 e. The molecule has 4 heteroatoms.